The summed E-state index contributed by atoms with van der Waals surface area (Å²) in [7, 11) is 7.18. The van der Waals surface area contributed by atoms with Crippen molar-refractivity contribution in [3.63, 3.8) is 0 Å². The molecule has 1 N–H and O–H groups in total. The minimum absolute atomic E-state index is 0.264. The standard InChI is InChI=1S/C25H26FN5O2/c1-30(2)13-12-27-25(32)24-29-23-20(31(24)3)15-19(18-11-10-17(26)14-21(18)33-4)22(28-23)16-8-6-5-7-9-16/h5-11,14-15H,12-13H2,1-4H3,(H,27,32). The molecule has 0 saturated carbocycles. The van der Waals surface area contributed by atoms with Crippen molar-refractivity contribution in [2.75, 3.05) is 34.3 Å². The van der Waals surface area contributed by atoms with Crippen molar-refractivity contribution in [2.45, 2.75) is 0 Å². The highest BCUT2D eigenvalue weighted by molar-refractivity contribution is 5.96. The van der Waals surface area contributed by atoms with Crippen molar-refractivity contribution in [3.8, 4) is 28.1 Å². The van der Waals surface area contributed by atoms with Crippen LogP contribution in [0.4, 0.5) is 4.39 Å². The molecular weight excluding hydrogens is 421 g/mol. The van der Waals surface area contributed by atoms with Crippen LogP contribution in [-0.2, 0) is 7.05 Å². The lowest BCUT2D eigenvalue weighted by molar-refractivity contribution is 0.0938. The smallest absolute Gasteiger partial charge is 0.287 e. The molecule has 2 heterocycles. The van der Waals surface area contributed by atoms with Crippen LogP contribution in [0.5, 0.6) is 5.75 Å². The van der Waals surface area contributed by atoms with Crippen LogP contribution in [-0.4, -0.2) is 59.6 Å². The van der Waals surface area contributed by atoms with Crippen molar-refractivity contribution < 1.29 is 13.9 Å². The number of halogens is 1. The Balaban J connectivity index is 1.88. The van der Waals surface area contributed by atoms with Gasteiger partial charge in [-0.05, 0) is 32.3 Å². The van der Waals surface area contributed by atoms with Gasteiger partial charge in [0.2, 0.25) is 5.82 Å². The first-order valence-electron chi connectivity index (χ1n) is 10.6. The summed E-state index contributed by atoms with van der Waals surface area (Å²) < 4.78 is 21.1. The molecule has 0 atom stereocenters. The number of aryl methyl sites for hydroxylation is 1. The van der Waals surface area contributed by atoms with Gasteiger partial charge >= 0.3 is 0 Å². The van der Waals surface area contributed by atoms with Gasteiger partial charge in [0.1, 0.15) is 11.6 Å². The highest BCUT2D eigenvalue weighted by Gasteiger charge is 2.21. The van der Waals surface area contributed by atoms with Crippen molar-refractivity contribution >= 4 is 17.1 Å². The maximum Gasteiger partial charge on any atom is 0.287 e. The second kappa shape index (κ2) is 9.38. The summed E-state index contributed by atoms with van der Waals surface area (Å²) in [6.07, 6.45) is 0. The molecule has 170 valence electrons. The first-order chi connectivity index (χ1) is 15.9. The van der Waals surface area contributed by atoms with Crippen molar-refractivity contribution in [2.24, 2.45) is 7.05 Å². The number of nitrogens with zero attached hydrogens (tertiary/aromatic N) is 4. The molecule has 2 aromatic carbocycles. The number of pyridine rings is 1. The predicted octanol–water partition coefficient (Wildman–Crippen LogP) is 3.74. The normalized spacial score (nSPS) is 11.2. The zero-order chi connectivity index (χ0) is 23.5. The second-order valence-corrected chi connectivity index (χ2v) is 7.99. The molecule has 4 rings (SSSR count). The van der Waals surface area contributed by atoms with Crippen LogP contribution in [0.15, 0.2) is 54.6 Å². The van der Waals surface area contributed by atoms with Crippen LogP contribution in [0.3, 0.4) is 0 Å². The van der Waals surface area contributed by atoms with Gasteiger partial charge in [0.15, 0.2) is 5.65 Å². The molecule has 1 amide bonds. The summed E-state index contributed by atoms with van der Waals surface area (Å²) >= 11 is 0. The highest BCUT2D eigenvalue weighted by Crippen LogP contribution is 2.38. The van der Waals surface area contributed by atoms with Crippen LogP contribution in [0.2, 0.25) is 0 Å². The summed E-state index contributed by atoms with van der Waals surface area (Å²) in [6.45, 7) is 1.23. The van der Waals surface area contributed by atoms with Gasteiger partial charge in [-0.25, -0.2) is 14.4 Å². The Kier molecular flexibility index (Phi) is 6.37. The molecule has 2 aromatic heterocycles. The van der Waals surface area contributed by atoms with Crippen molar-refractivity contribution in [1.29, 1.82) is 0 Å². The van der Waals surface area contributed by atoms with Gasteiger partial charge in [0.25, 0.3) is 5.91 Å². The lowest BCUT2D eigenvalue weighted by atomic mass is 9.98. The van der Waals surface area contributed by atoms with Crippen molar-refractivity contribution in [3.05, 3.63) is 66.2 Å². The maximum atomic E-state index is 13.9. The average molecular weight is 448 g/mol. The van der Waals surface area contributed by atoms with E-state index in [9.17, 15) is 9.18 Å². The number of nitrogens with one attached hydrogen (secondary N) is 1. The fraction of sp³-hybridized carbons (Fsp3) is 0.240. The molecule has 0 fully saturated rings. The predicted molar refractivity (Wildman–Crippen MR) is 127 cm³/mol. The number of rotatable bonds is 7. The molecule has 0 aliphatic rings. The van der Waals surface area contributed by atoms with E-state index < -0.39 is 0 Å². The van der Waals surface area contributed by atoms with E-state index in [1.54, 1.807) is 17.7 Å². The quantitative estimate of drug-likeness (QED) is 0.467. The Morgan fingerprint density at radius 3 is 2.55 bits per heavy atom. The van der Waals surface area contributed by atoms with Crippen LogP contribution < -0.4 is 10.1 Å². The Bertz CT molecular complexity index is 1300. The van der Waals surface area contributed by atoms with Crippen LogP contribution >= 0.6 is 0 Å². The largest absolute Gasteiger partial charge is 0.496 e. The number of ether oxygens (including phenoxy) is 1. The number of methoxy groups -OCH3 is 1. The van der Waals surface area contributed by atoms with Crippen molar-refractivity contribution in [1.82, 2.24) is 24.8 Å². The van der Waals surface area contributed by atoms with E-state index in [1.165, 1.54) is 19.2 Å². The Hall–Kier alpha value is -3.78. The Morgan fingerprint density at radius 1 is 1.09 bits per heavy atom. The molecule has 0 aliphatic heterocycles. The van der Waals surface area contributed by atoms with E-state index in [0.29, 0.717) is 34.7 Å². The number of aromatic nitrogens is 3. The van der Waals surface area contributed by atoms with Gasteiger partial charge in [-0.3, -0.25) is 4.79 Å². The van der Waals surface area contributed by atoms with Gasteiger partial charge < -0.3 is 19.5 Å². The summed E-state index contributed by atoms with van der Waals surface area (Å²) in [5.41, 5.74) is 4.15. The molecule has 0 radical (unpaired) electrons. The second-order valence-electron chi connectivity index (χ2n) is 7.99. The zero-order valence-corrected chi connectivity index (χ0v) is 19.1. The fourth-order valence-corrected chi connectivity index (χ4v) is 3.70. The molecule has 8 heteroatoms. The van der Waals surface area contributed by atoms with Gasteiger partial charge in [0, 0.05) is 42.9 Å². The molecule has 0 unspecified atom stereocenters. The number of benzene rings is 2. The molecular formula is C25H26FN5O2. The van der Waals surface area contributed by atoms with E-state index >= 15 is 0 Å². The number of likely N-dealkylation sites (N-methyl/N-ethyl adjacent to an activating group) is 1. The number of hydrogen-bond acceptors (Lipinski definition) is 5. The van der Waals surface area contributed by atoms with E-state index in [0.717, 1.165) is 17.7 Å². The number of hydrogen-bond donors (Lipinski definition) is 1. The summed E-state index contributed by atoms with van der Waals surface area (Å²) in [6, 6.07) is 16.0. The number of fused-ring (bicyclic) bond motifs is 1. The number of carbonyl (C=O) groups is 1. The molecule has 0 saturated heterocycles. The lowest BCUT2D eigenvalue weighted by Gasteiger charge is -2.13. The van der Waals surface area contributed by atoms with Crippen LogP contribution in [0.25, 0.3) is 33.5 Å². The summed E-state index contributed by atoms with van der Waals surface area (Å²) in [5.74, 6) is 0.0262. The van der Waals surface area contributed by atoms with Gasteiger partial charge in [0.05, 0.1) is 18.3 Å². The SMILES string of the molecule is COc1cc(F)ccc1-c1cc2c(nc1-c1ccccc1)nc(C(=O)NCCN(C)C)n2C. The van der Waals surface area contributed by atoms with E-state index in [1.807, 2.05) is 55.4 Å². The first kappa shape index (κ1) is 22.4. The van der Waals surface area contributed by atoms with Crippen LogP contribution in [0.1, 0.15) is 10.6 Å². The molecule has 0 aliphatic carbocycles. The lowest BCUT2D eigenvalue weighted by Crippen LogP contribution is -2.32. The number of carbonyl (C=O) groups excluding carboxylic acids is 1. The third kappa shape index (κ3) is 4.56. The Labute approximate surface area is 191 Å². The number of amides is 1. The zero-order valence-electron chi connectivity index (χ0n) is 19.1. The minimum Gasteiger partial charge on any atom is -0.496 e. The van der Waals surface area contributed by atoms with Gasteiger partial charge in [-0.2, -0.15) is 0 Å². The molecule has 0 bridgehead atoms. The monoisotopic (exact) mass is 447 g/mol. The number of imidazole rings is 1. The summed E-state index contributed by atoms with van der Waals surface area (Å²) in [4.78, 5) is 24.1. The molecule has 0 spiro atoms. The molecule has 7 nitrogen and oxygen atoms in total. The summed E-state index contributed by atoms with van der Waals surface area (Å²) in [5, 5.41) is 2.90. The van der Waals surface area contributed by atoms with E-state index in [-0.39, 0.29) is 17.5 Å². The fourth-order valence-electron chi connectivity index (χ4n) is 3.70. The van der Waals surface area contributed by atoms with Crippen LogP contribution in [0, 0.1) is 5.82 Å². The maximum absolute atomic E-state index is 13.9. The molecule has 4 aromatic rings. The Morgan fingerprint density at radius 2 is 1.85 bits per heavy atom. The average Bonchev–Trinajstić information content (AvgIpc) is 3.14. The van der Waals surface area contributed by atoms with E-state index in [2.05, 4.69) is 10.3 Å². The topological polar surface area (TPSA) is 72.3 Å². The third-order valence-electron chi connectivity index (χ3n) is 5.42. The molecule has 33 heavy (non-hydrogen) atoms. The minimum atomic E-state index is -0.386. The van der Waals surface area contributed by atoms with E-state index in [4.69, 9.17) is 9.72 Å². The highest BCUT2D eigenvalue weighted by atomic mass is 19.1. The third-order valence-corrected chi connectivity index (χ3v) is 5.42. The van der Waals surface area contributed by atoms with Gasteiger partial charge in [-0.15, -0.1) is 0 Å². The first-order valence-corrected chi connectivity index (χ1v) is 10.6. The van der Waals surface area contributed by atoms with Gasteiger partial charge in [-0.1, -0.05) is 30.3 Å².